The molecule has 0 aliphatic carbocycles. The van der Waals surface area contributed by atoms with Gasteiger partial charge >= 0.3 is 0 Å². The van der Waals surface area contributed by atoms with Gasteiger partial charge in [0.15, 0.2) is 0 Å². The highest BCUT2D eigenvalue weighted by molar-refractivity contribution is 7.10. The van der Waals surface area contributed by atoms with Crippen molar-refractivity contribution in [1.29, 1.82) is 0 Å². The first-order valence-electron chi connectivity index (χ1n) is 6.00. The Kier molecular flexibility index (Phi) is 6.00. The number of nitrogens with one attached hydrogen (secondary N) is 2. The van der Waals surface area contributed by atoms with Gasteiger partial charge in [0.2, 0.25) is 5.96 Å². The maximum atomic E-state index is 5.48. The van der Waals surface area contributed by atoms with Gasteiger partial charge in [-0.3, -0.25) is 10.4 Å². The summed E-state index contributed by atoms with van der Waals surface area (Å²) < 4.78 is 0. The van der Waals surface area contributed by atoms with Crippen LogP contribution in [0.1, 0.15) is 38.1 Å². The monoisotopic (exact) mass is 254 g/mol. The minimum absolute atomic E-state index is 0.252. The number of rotatable bonds is 5. The normalized spacial score (nSPS) is 13.8. The number of hydrogen-bond acceptors (Lipinski definition) is 3. The summed E-state index contributed by atoms with van der Waals surface area (Å²) in [4.78, 5) is 5.67. The molecule has 0 spiro atoms. The standard InChI is InChI=1S/C12H22N4S/c1-4-7-14-12(16-13)15-11(9(2)3)10-6-5-8-17-10/h5-6,8-9,11H,4,7,13H2,1-3H3,(H2,14,15,16). The third-order valence-electron chi connectivity index (χ3n) is 2.44. The van der Waals surface area contributed by atoms with Crippen molar-refractivity contribution in [3.8, 4) is 0 Å². The fourth-order valence-corrected chi connectivity index (χ4v) is 2.49. The third kappa shape index (κ3) is 4.36. The van der Waals surface area contributed by atoms with Crippen molar-refractivity contribution in [2.45, 2.75) is 33.2 Å². The van der Waals surface area contributed by atoms with Crippen molar-refractivity contribution in [1.82, 2.24) is 10.7 Å². The van der Waals surface area contributed by atoms with Gasteiger partial charge in [-0.15, -0.1) is 11.3 Å². The zero-order valence-electron chi connectivity index (χ0n) is 10.7. The highest BCUT2D eigenvalue weighted by atomic mass is 32.1. The summed E-state index contributed by atoms with van der Waals surface area (Å²) in [6.45, 7) is 7.25. The van der Waals surface area contributed by atoms with Crippen molar-refractivity contribution in [2.24, 2.45) is 16.8 Å². The fraction of sp³-hybridized carbons (Fsp3) is 0.583. The van der Waals surface area contributed by atoms with E-state index in [1.54, 1.807) is 11.3 Å². The van der Waals surface area contributed by atoms with Gasteiger partial charge in [-0.25, -0.2) is 5.84 Å². The topological polar surface area (TPSA) is 62.4 Å². The predicted octanol–water partition coefficient (Wildman–Crippen LogP) is 2.26. The van der Waals surface area contributed by atoms with Gasteiger partial charge in [0.25, 0.3) is 0 Å². The number of nitrogens with two attached hydrogens (primary N) is 1. The van der Waals surface area contributed by atoms with Crippen molar-refractivity contribution in [3.05, 3.63) is 22.4 Å². The summed E-state index contributed by atoms with van der Waals surface area (Å²) in [5.74, 6) is 6.62. The van der Waals surface area contributed by atoms with E-state index in [0.29, 0.717) is 11.9 Å². The quantitative estimate of drug-likeness (QED) is 0.327. The van der Waals surface area contributed by atoms with E-state index < -0.39 is 0 Å². The molecule has 0 radical (unpaired) electrons. The Balaban J connectivity index is 2.73. The molecule has 1 unspecified atom stereocenters. The van der Waals surface area contributed by atoms with E-state index in [-0.39, 0.29) is 6.04 Å². The highest BCUT2D eigenvalue weighted by Gasteiger charge is 2.17. The van der Waals surface area contributed by atoms with Gasteiger partial charge in [0.1, 0.15) is 0 Å². The Morgan fingerprint density at radius 3 is 2.76 bits per heavy atom. The SMILES string of the molecule is CCCN=C(NN)NC(c1cccs1)C(C)C. The van der Waals surface area contributed by atoms with E-state index in [9.17, 15) is 0 Å². The number of hydrogen-bond donors (Lipinski definition) is 3. The molecule has 17 heavy (non-hydrogen) atoms. The zero-order chi connectivity index (χ0) is 12.7. The number of thiophene rings is 1. The van der Waals surface area contributed by atoms with Gasteiger partial charge in [0, 0.05) is 11.4 Å². The van der Waals surface area contributed by atoms with Crippen molar-refractivity contribution >= 4 is 17.3 Å². The molecule has 1 rings (SSSR count). The Hall–Kier alpha value is -1.07. The molecule has 5 heteroatoms. The maximum Gasteiger partial charge on any atom is 0.206 e. The van der Waals surface area contributed by atoms with Crippen LogP contribution < -0.4 is 16.6 Å². The first-order chi connectivity index (χ1) is 8.19. The minimum atomic E-state index is 0.252. The molecule has 0 saturated heterocycles. The molecule has 1 aromatic heterocycles. The summed E-state index contributed by atoms with van der Waals surface area (Å²) in [5.41, 5.74) is 2.63. The summed E-state index contributed by atoms with van der Waals surface area (Å²) in [7, 11) is 0. The molecule has 1 atom stereocenters. The Morgan fingerprint density at radius 2 is 2.29 bits per heavy atom. The maximum absolute atomic E-state index is 5.48. The molecule has 0 fully saturated rings. The second kappa shape index (κ2) is 7.29. The van der Waals surface area contributed by atoms with Gasteiger partial charge < -0.3 is 5.32 Å². The minimum Gasteiger partial charge on any atom is -0.347 e. The van der Waals surface area contributed by atoms with Crippen LogP contribution in [0.5, 0.6) is 0 Å². The molecule has 1 aromatic rings. The smallest absolute Gasteiger partial charge is 0.206 e. The second-order valence-electron chi connectivity index (χ2n) is 4.26. The van der Waals surface area contributed by atoms with E-state index in [4.69, 9.17) is 5.84 Å². The lowest BCUT2D eigenvalue weighted by Crippen LogP contribution is -2.44. The van der Waals surface area contributed by atoms with Crippen LogP contribution in [0.3, 0.4) is 0 Å². The van der Waals surface area contributed by atoms with Gasteiger partial charge in [0.05, 0.1) is 6.04 Å². The third-order valence-corrected chi connectivity index (χ3v) is 3.39. The Labute approximate surface area is 107 Å². The molecule has 4 N–H and O–H groups in total. The molecule has 96 valence electrons. The highest BCUT2D eigenvalue weighted by Crippen LogP contribution is 2.25. The van der Waals surface area contributed by atoms with E-state index in [1.165, 1.54) is 4.88 Å². The van der Waals surface area contributed by atoms with Crippen molar-refractivity contribution < 1.29 is 0 Å². The molecule has 0 aliphatic rings. The molecular formula is C12H22N4S. The number of aliphatic imine (C=N–C) groups is 1. The molecule has 1 heterocycles. The zero-order valence-corrected chi connectivity index (χ0v) is 11.6. The first kappa shape index (κ1) is 14.0. The van der Waals surface area contributed by atoms with E-state index in [0.717, 1.165) is 13.0 Å². The van der Waals surface area contributed by atoms with E-state index in [1.807, 2.05) is 0 Å². The Morgan fingerprint density at radius 1 is 1.53 bits per heavy atom. The van der Waals surface area contributed by atoms with Crippen molar-refractivity contribution in [2.75, 3.05) is 6.54 Å². The van der Waals surface area contributed by atoms with Crippen LogP contribution in [-0.2, 0) is 0 Å². The van der Waals surface area contributed by atoms with Crippen LogP contribution in [0.25, 0.3) is 0 Å². The fourth-order valence-electron chi connectivity index (χ4n) is 1.54. The number of hydrazine groups is 1. The van der Waals surface area contributed by atoms with Gasteiger partial charge in [-0.05, 0) is 23.8 Å². The predicted molar refractivity (Wildman–Crippen MR) is 74.9 cm³/mol. The van der Waals surface area contributed by atoms with Gasteiger partial charge in [-0.2, -0.15) is 0 Å². The molecule has 4 nitrogen and oxygen atoms in total. The van der Waals surface area contributed by atoms with Crippen LogP contribution in [-0.4, -0.2) is 12.5 Å². The van der Waals surface area contributed by atoms with E-state index in [2.05, 4.69) is 54.0 Å². The summed E-state index contributed by atoms with van der Waals surface area (Å²) >= 11 is 1.75. The molecule has 0 saturated carbocycles. The average Bonchev–Trinajstić information content (AvgIpc) is 2.82. The van der Waals surface area contributed by atoms with Crippen molar-refractivity contribution in [3.63, 3.8) is 0 Å². The Bertz CT molecular complexity index is 332. The molecule has 0 aromatic carbocycles. The van der Waals surface area contributed by atoms with Crippen LogP contribution in [0.2, 0.25) is 0 Å². The summed E-state index contributed by atoms with van der Waals surface area (Å²) in [6, 6.07) is 4.45. The lowest BCUT2D eigenvalue weighted by atomic mass is 10.0. The second-order valence-corrected chi connectivity index (χ2v) is 5.24. The lowest BCUT2D eigenvalue weighted by Gasteiger charge is -2.23. The summed E-state index contributed by atoms with van der Waals surface area (Å²) in [6.07, 6.45) is 1.01. The van der Waals surface area contributed by atoms with Crippen LogP contribution in [0.15, 0.2) is 22.5 Å². The molecule has 0 aliphatic heterocycles. The summed E-state index contributed by atoms with van der Waals surface area (Å²) in [5, 5.41) is 5.45. The molecule has 0 bridgehead atoms. The van der Waals surface area contributed by atoms with E-state index >= 15 is 0 Å². The van der Waals surface area contributed by atoms with Gasteiger partial charge in [-0.1, -0.05) is 26.8 Å². The lowest BCUT2D eigenvalue weighted by molar-refractivity contribution is 0.472. The first-order valence-corrected chi connectivity index (χ1v) is 6.88. The molecular weight excluding hydrogens is 232 g/mol. The number of nitrogens with zero attached hydrogens (tertiary/aromatic N) is 1. The van der Waals surface area contributed by atoms with Crippen LogP contribution >= 0.6 is 11.3 Å². The van der Waals surface area contributed by atoms with Crippen LogP contribution in [0, 0.1) is 5.92 Å². The van der Waals surface area contributed by atoms with Crippen LogP contribution in [0.4, 0.5) is 0 Å². The molecule has 0 amide bonds. The number of guanidine groups is 1. The largest absolute Gasteiger partial charge is 0.347 e. The average molecular weight is 254 g/mol.